The van der Waals surface area contributed by atoms with Gasteiger partial charge in [-0.15, -0.1) is 0 Å². The molecule has 0 aromatic heterocycles. The molecule has 0 aromatic rings. The van der Waals surface area contributed by atoms with E-state index in [2.05, 4.69) is 33.9 Å². The predicted molar refractivity (Wildman–Crippen MR) is 72.0 cm³/mol. The average molecular weight is 294 g/mol. The molecule has 0 amide bonds. The molecule has 7 heteroatoms. The van der Waals surface area contributed by atoms with E-state index in [4.69, 9.17) is 9.16 Å². The van der Waals surface area contributed by atoms with Gasteiger partial charge < -0.3 is 29.6 Å². The fourth-order valence-corrected chi connectivity index (χ4v) is 2.59. The second kappa shape index (κ2) is 5.77. The van der Waals surface area contributed by atoms with Gasteiger partial charge in [0.05, 0.1) is 6.61 Å². The van der Waals surface area contributed by atoms with Crippen LogP contribution in [-0.4, -0.2) is 66.1 Å². The first-order valence-electron chi connectivity index (χ1n) is 6.49. The molecule has 0 spiro atoms. The van der Waals surface area contributed by atoms with Crippen LogP contribution in [0.15, 0.2) is 0 Å². The van der Waals surface area contributed by atoms with Crippen molar-refractivity contribution in [2.75, 3.05) is 6.61 Å². The molecule has 1 rings (SSSR count). The minimum atomic E-state index is -2.00. The van der Waals surface area contributed by atoms with Gasteiger partial charge in [0.15, 0.2) is 14.6 Å². The van der Waals surface area contributed by atoms with Crippen molar-refractivity contribution >= 4 is 8.32 Å². The summed E-state index contributed by atoms with van der Waals surface area (Å²) in [6, 6.07) is 0. The highest BCUT2D eigenvalue weighted by atomic mass is 28.4. The van der Waals surface area contributed by atoms with Crippen LogP contribution in [0.25, 0.3) is 0 Å². The van der Waals surface area contributed by atoms with Crippen LogP contribution < -0.4 is 0 Å². The first-order chi connectivity index (χ1) is 8.47. The zero-order valence-electron chi connectivity index (χ0n) is 12.2. The standard InChI is InChI=1S/C12H26O6Si/c1-12(2,3)19(4,5)17-6-7-8(13)9(14)10(15)11(16)18-7/h7-11,13-16H,6H2,1-5H3/t7-,8+,9+,10+,11+/m1/s1. The van der Waals surface area contributed by atoms with Crippen LogP contribution in [0.3, 0.4) is 0 Å². The van der Waals surface area contributed by atoms with Crippen LogP contribution in [-0.2, 0) is 9.16 Å². The van der Waals surface area contributed by atoms with Gasteiger partial charge in [0.1, 0.15) is 24.4 Å². The number of rotatable bonds is 3. The molecule has 1 aliphatic heterocycles. The molecule has 0 aromatic carbocycles. The lowest BCUT2D eigenvalue weighted by Gasteiger charge is -2.41. The first kappa shape index (κ1) is 17.0. The van der Waals surface area contributed by atoms with Crippen molar-refractivity contribution in [2.45, 2.75) is 69.6 Å². The van der Waals surface area contributed by atoms with E-state index >= 15 is 0 Å². The maximum absolute atomic E-state index is 9.81. The Morgan fingerprint density at radius 1 is 1.00 bits per heavy atom. The van der Waals surface area contributed by atoms with Gasteiger partial charge in [0, 0.05) is 0 Å². The van der Waals surface area contributed by atoms with Gasteiger partial charge in [-0.25, -0.2) is 0 Å². The van der Waals surface area contributed by atoms with Crippen LogP contribution in [0.4, 0.5) is 0 Å². The van der Waals surface area contributed by atoms with E-state index in [0.717, 1.165) is 0 Å². The largest absolute Gasteiger partial charge is 0.414 e. The number of ether oxygens (including phenoxy) is 1. The first-order valence-corrected chi connectivity index (χ1v) is 9.40. The highest BCUT2D eigenvalue weighted by Gasteiger charge is 2.45. The van der Waals surface area contributed by atoms with Gasteiger partial charge in [-0.3, -0.25) is 0 Å². The van der Waals surface area contributed by atoms with E-state index in [1.807, 2.05) is 0 Å². The minimum absolute atomic E-state index is 0.0172. The van der Waals surface area contributed by atoms with Gasteiger partial charge in [0.25, 0.3) is 0 Å². The highest BCUT2D eigenvalue weighted by Crippen LogP contribution is 2.37. The van der Waals surface area contributed by atoms with E-state index in [0.29, 0.717) is 0 Å². The third kappa shape index (κ3) is 3.75. The molecule has 1 aliphatic rings. The van der Waals surface area contributed by atoms with Gasteiger partial charge in [-0.1, -0.05) is 20.8 Å². The van der Waals surface area contributed by atoms with Gasteiger partial charge in [0.2, 0.25) is 0 Å². The Kier molecular flexibility index (Phi) is 5.17. The quantitative estimate of drug-likeness (QED) is 0.538. The lowest BCUT2D eigenvalue weighted by molar-refractivity contribution is -0.285. The molecular weight excluding hydrogens is 268 g/mol. The Labute approximate surface area is 115 Å². The third-order valence-corrected chi connectivity index (χ3v) is 8.60. The van der Waals surface area contributed by atoms with Crippen LogP contribution in [0.5, 0.6) is 0 Å². The SMILES string of the molecule is CC(C)(C)[Si](C)(C)OC[C@H]1O[C@H](O)[C@@H](O)[C@@H](O)[C@H]1O. The van der Waals surface area contributed by atoms with Crippen molar-refractivity contribution in [2.24, 2.45) is 0 Å². The molecule has 0 aliphatic carbocycles. The number of aliphatic hydroxyl groups excluding tert-OH is 4. The van der Waals surface area contributed by atoms with Crippen molar-refractivity contribution in [3.05, 3.63) is 0 Å². The Hall–Kier alpha value is -0.0231. The van der Waals surface area contributed by atoms with E-state index in [1.54, 1.807) is 0 Å². The average Bonchev–Trinajstić information content (AvgIpc) is 2.28. The molecule has 0 unspecified atom stereocenters. The molecule has 1 heterocycles. The van der Waals surface area contributed by atoms with Crippen molar-refractivity contribution in [3.8, 4) is 0 Å². The number of aliphatic hydroxyl groups is 4. The maximum atomic E-state index is 9.81. The molecule has 1 saturated heterocycles. The topological polar surface area (TPSA) is 99.4 Å². The summed E-state index contributed by atoms with van der Waals surface area (Å²) in [5.74, 6) is 0. The molecule has 0 bridgehead atoms. The van der Waals surface area contributed by atoms with Crippen molar-refractivity contribution in [1.29, 1.82) is 0 Å². The monoisotopic (exact) mass is 294 g/mol. The van der Waals surface area contributed by atoms with Gasteiger partial charge in [-0.05, 0) is 18.1 Å². The number of hydrogen-bond acceptors (Lipinski definition) is 6. The van der Waals surface area contributed by atoms with Crippen LogP contribution >= 0.6 is 0 Å². The molecule has 6 nitrogen and oxygen atoms in total. The molecular formula is C12H26O6Si. The van der Waals surface area contributed by atoms with Gasteiger partial charge >= 0.3 is 0 Å². The van der Waals surface area contributed by atoms with Gasteiger partial charge in [-0.2, -0.15) is 0 Å². The smallest absolute Gasteiger partial charge is 0.192 e. The molecule has 0 saturated carbocycles. The molecule has 1 fully saturated rings. The molecule has 114 valence electrons. The van der Waals surface area contributed by atoms with Crippen molar-refractivity contribution < 1.29 is 29.6 Å². The van der Waals surface area contributed by atoms with E-state index in [1.165, 1.54) is 0 Å². The molecule has 4 N–H and O–H groups in total. The summed E-state index contributed by atoms with van der Waals surface area (Å²) in [7, 11) is -2.00. The summed E-state index contributed by atoms with van der Waals surface area (Å²) in [6.07, 6.45) is -6.56. The van der Waals surface area contributed by atoms with Crippen molar-refractivity contribution in [3.63, 3.8) is 0 Å². The summed E-state index contributed by atoms with van der Waals surface area (Å²) in [4.78, 5) is 0. The third-order valence-electron chi connectivity index (χ3n) is 4.10. The van der Waals surface area contributed by atoms with Crippen LogP contribution in [0.1, 0.15) is 20.8 Å². The predicted octanol–water partition coefficient (Wildman–Crippen LogP) is -0.192. The van der Waals surface area contributed by atoms with E-state index in [-0.39, 0.29) is 11.6 Å². The lowest BCUT2D eigenvalue weighted by atomic mass is 10.00. The molecule has 0 radical (unpaired) electrons. The minimum Gasteiger partial charge on any atom is -0.414 e. The Morgan fingerprint density at radius 2 is 1.53 bits per heavy atom. The van der Waals surface area contributed by atoms with Crippen molar-refractivity contribution in [1.82, 2.24) is 0 Å². The Balaban J connectivity index is 2.63. The zero-order chi connectivity index (χ0) is 15.0. The summed E-state index contributed by atoms with van der Waals surface area (Å²) in [5, 5.41) is 38.2. The molecule has 5 atom stereocenters. The van der Waals surface area contributed by atoms with Crippen LogP contribution in [0.2, 0.25) is 18.1 Å². The highest BCUT2D eigenvalue weighted by molar-refractivity contribution is 6.74. The second-order valence-electron chi connectivity index (χ2n) is 6.61. The summed E-state index contributed by atoms with van der Waals surface area (Å²) in [5.41, 5.74) is 0. The lowest BCUT2D eigenvalue weighted by Crippen LogP contribution is -2.59. The normalized spacial score (nSPS) is 37.4. The Morgan fingerprint density at radius 3 is 2.00 bits per heavy atom. The number of hydrogen-bond donors (Lipinski definition) is 4. The maximum Gasteiger partial charge on any atom is 0.192 e. The fourth-order valence-electron chi connectivity index (χ4n) is 1.58. The van der Waals surface area contributed by atoms with E-state index < -0.39 is 39.0 Å². The zero-order valence-corrected chi connectivity index (χ0v) is 13.2. The summed E-state index contributed by atoms with van der Waals surface area (Å²) in [6.45, 7) is 10.5. The second-order valence-corrected chi connectivity index (χ2v) is 11.4. The fraction of sp³-hybridized carbons (Fsp3) is 1.00. The summed E-state index contributed by atoms with van der Waals surface area (Å²) < 4.78 is 11.0. The summed E-state index contributed by atoms with van der Waals surface area (Å²) >= 11 is 0. The Bertz CT molecular complexity index is 303. The van der Waals surface area contributed by atoms with Crippen LogP contribution in [0, 0.1) is 0 Å². The molecule has 19 heavy (non-hydrogen) atoms. The van der Waals surface area contributed by atoms with E-state index in [9.17, 15) is 20.4 Å².